The molecule has 2 aromatic carbocycles. The molecule has 128 valence electrons. The van der Waals surface area contributed by atoms with Crippen molar-refractivity contribution in [2.75, 3.05) is 12.4 Å². The van der Waals surface area contributed by atoms with Crippen molar-refractivity contribution in [3.8, 4) is 11.5 Å². The number of benzene rings is 2. The van der Waals surface area contributed by atoms with Crippen LogP contribution in [-0.4, -0.2) is 23.2 Å². The Morgan fingerprint density at radius 3 is 2.56 bits per heavy atom. The highest BCUT2D eigenvalue weighted by Crippen LogP contribution is 2.26. The van der Waals surface area contributed by atoms with Gasteiger partial charge in [-0.2, -0.15) is 4.98 Å². The number of para-hydroxylation sites is 3. The van der Waals surface area contributed by atoms with Gasteiger partial charge in [0, 0.05) is 6.92 Å². The number of carbonyl (C=O) groups is 1. The van der Waals surface area contributed by atoms with Crippen LogP contribution in [0.2, 0.25) is 0 Å². The molecule has 0 atom stereocenters. The van der Waals surface area contributed by atoms with E-state index >= 15 is 0 Å². The van der Waals surface area contributed by atoms with E-state index in [0.29, 0.717) is 34.5 Å². The van der Waals surface area contributed by atoms with Gasteiger partial charge in [-0.3, -0.25) is 4.79 Å². The Hall–Kier alpha value is -3.35. The van der Waals surface area contributed by atoms with E-state index in [2.05, 4.69) is 15.5 Å². The topological polar surface area (TPSA) is 86.5 Å². The Labute approximate surface area is 144 Å². The fraction of sp³-hybridized carbons (Fsp3) is 0.167. The Kier molecular flexibility index (Phi) is 4.94. The molecule has 1 heterocycles. The third-order valence-electron chi connectivity index (χ3n) is 3.41. The van der Waals surface area contributed by atoms with Crippen molar-refractivity contribution < 1.29 is 18.8 Å². The van der Waals surface area contributed by atoms with E-state index in [9.17, 15) is 4.79 Å². The van der Waals surface area contributed by atoms with Crippen LogP contribution in [0.25, 0.3) is 0 Å². The van der Waals surface area contributed by atoms with E-state index in [-0.39, 0.29) is 12.5 Å². The molecule has 0 radical (unpaired) electrons. The van der Waals surface area contributed by atoms with Gasteiger partial charge in [0.2, 0.25) is 11.7 Å². The molecule has 1 aromatic heterocycles. The largest absolute Gasteiger partial charge is 0.495 e. The van der Waals surface area contributed by atoms with Gasteiger partial charge in [0.25, 0.3) is 5.91 Å². The average Bonchev–Trinajstić information content (AvgIpc) is 3.06. The molecule has 0 aliphatic heterocycles. The van der Waals surface area contributed by atoms with Gasteiger partial charge in [-0.25, -0.2) is 0 Å². The second-order valence-corrected chi connectivity index (χ2v) is 5.17. The first-order valence-electron chi connectivity index (χ1n) is 7.63. The van der Waals surface area contributed by atoms with E-state index in [1.807, 2.05) is 12.1 Å². The quantitative estimate of drug-likeness (QED) is 0.742. The molecule has 0 aliphatic rings. The average molecular weight is 339 g/mol. The minimum Gasteiger partial charge on any atom is -0.495 e. The number of hydrogen-bond donors (Lipinski definition) is 1. The first kappa shape index (κ1) is 16.5. The predicted octanol–water partition coefficient (Wildman–Crippen LogP) is 3.22. The van der Waals surface area contributed by atoms with Crippen molar-refractivity contribution in [1.29, 1.82) is 0 Å². The second-order valence-electron chi connectivity index (χ2n) is 5.17. The first-order valence-corrected chi connectivity index (χ1v) is 7.63. The summed E-state index contributed by atoms with van der Waals surface area (Å²) in [5.41, 5.74) is 0.979. The summed E-state index contributed by atoms with van der Waals surface area (Å²) in [4.78, 5) is 16.7. The highest BCUT2D eigenvalue weighted by atomic mass is 16.5. The number of nitrogens with zero attached hydrogens (tertiary/aromatic N) is 2. The van der Waals surface area contributed by atoms with Gasteiger partial charge in [0.15, 0.2) is 6.61 Å². The van der Waals surface area contributed by atoms with E-state index in [1.54, 1.807) is 50.4 Å². The van der Waals surface area contributed by atoms with Crippen molar-refractivity contribution in [3.63, 3.8) is 0 Å². The number of amides is 1. The standard InChI is InChI=1S/C18H17N3O4/c1-12-19-17(21-25-12)11-24-15-9-5-3-7-13(15)18(22)20-14-8-4-6-10-16(14)23-2/h3-10H,11H2,1-2H3,(H,20,22). The van der Waals surface area contributed by atoms with Crippen LogP contribution in [-0.2, 0) is 6.61 Å². The highest BCUT2D eigenvalue weighted by Gasteiger charge is 2.15. The summed E-state index contributed by atoms with van der Waals surface area (Å²) < 4.78 is 15.8. The summed E-state index contributed by atoms with van der Waals surface area (Å²) in [5, 5.41) is 6.59. The van der Waals surface area contributed by atoms with Gasteiger partial charge in [-0.05, 0) is 24.3 Å². The van der Waals surface area contributed by atoms with Gasteiger partial charge >= 0.3 is 0 Å². The number of aryl methyl sites for hydroxylation is 1. The second kappa shape index (κ2) is 7.48. The van der Waals surface area contributed by atoms with Crippen LogP contribution >= 0.6 is 0 Å². The van der Waals surface area contributed by atoms with Crippen LogP contribution in [0.3, 0.4) is 0 Å². The number of nitrogens with one attached hydrogen (secondary N) is 1. The van der Waals surface area contributed by atoms with Crippen molar-refractivity contribution in [3.05, 3.63) is 65.8 Å². The smallest absolute Gasteiger partial charge is 0.259 e. The lowest BCUT2D eigenvalue weighted by atomic mass is 10.1. The number of hydrogen-bond acceptors (Lipinski definition) is 6. The lowest BCUT2D eigenvalue weighted by molar-refractivity contribution is 0.102. The van der Waals surface area contributed by atoms with Crippen molar-refractivity contribution in [2.24, 2.45) is 0 Å². The molecular formula is C18H17N3O4. The van der Waals surface area contributed by atoms with Crippen LogP contribution in [0.15, 0.2) is 53.1 Å². The Morgan fingerprint density at radius 1 is 1.12 bits per heavy atom. The maximum atomic E-state index is 12.6. The number of rotatable bonds is 6. The summed E-state index contributed by atoms with van der Waals surface area (Å²) in [5.74, 6) is 1.58. The first-order chi connectivity index (χ1) is 12.2. The third-order valence-corrected chi connectivity index (χ3v) is 3.41. The maximum absolute atomic E-state index is 12.6. The minimum absolute atomic E-state index is 0.107. The summed E-state index contributed by atoms with van der Waals surface area (Å²) in [6, 6.07) is 14.1. The molecule has 0 saturated carbocycles. The van der Waals surface area contributed by atoms with Gasteiger partial charge in [-0.15, -0.1) is 0 Å². The monoisotopic (exact) mass is 339 g/mol. The van der Waals surface area contributed by atoms with E-state index in [0.717, 1.165) is 0 Å². The summed E-state index contributed by atoms with van der Waals surface area (Å²) in [7, 11) is 1.55. The van der Waals surface area contributed by atoms with E-state index < -0.39 is 0 Å². The summed E-state index contributed by atoms with van der Waals surface area (Å²) >= 11 is 0. The number of aromatic nitrogens is 2. The van der Waals surface area contributed by atoms with Gasteiger partial charge < -0.3 is 19.3 Å². The van der Waals surface area contributed by atoms with Crippen LogP contribution in [0.1, 0.15) is 22.1 Å². The van der Waals surface area contributed by atoms with Crippen LogP contribution in [0.5, 0.6) is 11.5 Å². The van der Waals surface area contributed by atoms with Crippen molar-refractivity contribution in [1.82, 2.24) is 10.1 Å². The molecular weight excluding hydrogens is 322 g/mol. The molecule has 7 nitrogen and oxygen atoms in total. The zero-order valence-corrected chi connectivity index (χ0v) is 13.9. The lowest BCUT2D eigenvalue weighted by Crippen LogP contribution is -2.14. The zero-order chi connectivity index (χ0) is 17.6. The van der Waals surface area contributed by atoms with Crippen molar-refractivity contribution in [2.45, 2.75) is 13.5 Å². The molecule has 0 aliphatic carbocycles. The number of anilines is 1. The summed E-state index contributed by atoms with van der Waals surface area (Å²) in [6.07, 6.45) is 0. The molecule has 1 amide bonds. The fourth-order valence-corrected chi connectivity index (χ4v) is 2.26. The molecule has 1 N–H and O–H groups in total. The Balaban J connectivity index is 1.76. The summed E-state index contributed by atoms with van der Waals surface area (Å²) in [6.45, 7) is 1.81. The van der Waals surface area contributed by atoms with Gasteiger partial charge in [0.1, 0.15) is 11.5 Å². The van der Waals surface area contributed by atoms with Crippen LogP contribution in [0.4, 0.5) is 5.69 Å². The maximum Gasteiger partial charge on any atom is 0.259 e. The number of methoxy groups -OCH3 is 1. The molecule has 0 unspecified atom stereocenters. The molecule has 0 spiro atoms. The van der Waals surface area contributed by atoms with E-state index in [1.165, 1.54) is 0 Å². The SMILES string of the molecule is COc1ccccc1NC(=O)c1ccccc1OCc1noc(C)n1. The molecule has 25 heavy (non-hydrogen) atoms. The normalized spacial score (nSPS) is 10.3. The third kappa shape index (κ3) is 3.95. The molecule has 7 heteroatoms. The molecule has 3 rings (SSSR count). The number of carbonyl (C=O) groups excluding carboxylic acids is 1. The highest BCUT2D eigenvalue weighted by molar-refractivity contribution is 6.06. The minimum atomic E-state index is -0.301. The zero-order valence-electron chi connectivity index (χ0n) is 13.9. The molecule has 3 aromatic rings. The Morgan fingerprint density at radius 2 is 1.84 bits per heavy atom. The van der Waals surface area contributed by atoms with Crippen LogP contribution in [0, 0.1) is 6.92 Å². The van der Waals surface area contributed by atoms with Gasteiger partial charge in [0.05, 0.1) is 18.4 Å². The van der Waals surface area contributed by atoms with Crippen molar-refractivity contribution >= 4 is 11.6 Å². The Bertz CT molecular complexity index is 876. The molecule has 0 bridgehead atoms. The van der Waals surface area contributed by atoms with E-state index in [4.69, 9.17) is 14.0 Å². The predicted molar refractivity (Wildman–Crippen MR) is 90.8 cm³/mol. The van der Waals surface area contributed by atoms with Gasteiger partial charge in [-0.1, -0.05) is 29.4 Å². The molecule has 0 saturated heterocycles. The number of ether oxygens (including phenoxy) is 2. The fourth-order valence-electron chi connectivity index (χ4n) is 2.26. The van der Waals surface area contributed by atoms with Crippen LogP contribution < -0.4 is 14.8 Å². The molecule has 0 fully saturated rings. The lowest BCUT2D eigenvalue weighted by Gasteiger charge is -2.12.